The van der Waals surface area contributed by atoms with Gasteiger partial charge in [0, 0.05) is 0 Å². The molecule has 3 nitrogen and oxygen atoms in total. The molecule has 0 aromatic heterocycles. The van der Waals surface area contributed by atoms with Gasteiger partial charge in [-0.15, -0.1) is 0 Å². The van der Waals surface area contributed by atoms with E-state index in [0.717, 1.165) is 24.8 Å². The monoisotopic (exact) mass is 286 g/mol. The second-order valence-electron chi connectivity index (χ2n) is 5.16. The predicted molar refractivity (Wildman–Crippen MR) is 85.0 cm³/mol. The first-order chi connectivity index (χ1) is 10.0. The fraction of sp³-hybridized carbons (Fsp3) is 0.333. The van der Waals surface area contributed by atoms with Crippen molar-refractivity contribution >= 4 is 0 Å². The van der Waals surface area contributed by atoms with E-state index >= 15 is 0 Å². The van der Waals surface area contributed by atoms with Crippen LogP contribution in [0.5, 0.6) is 17.2 Å². The van der Waals surface area contributed by atoms with E-state index in [1.165, 1.54) is 28.8 Å². The Bertz CT molecular complexity index is 635. The molecule has 0 spiro atoms. The third-order valence-electron chi connectivity index (χ3n) is 3.97. The molecule has 21 heavy (non-hydrogen) atoms. The Hall–Kier alpha value is -2.16. The minimum Gasteiger partial charge on any atom is -0.507 e. The number of phenolic OH excluding ortho intramolecular Hbond substituents is 3. The molecule has 0 bridgehead atoms. The summed E-state index contributed by atoms with van der Waals surface area (Å²) in [6.07, 6.45) is 2.75. The molecule has 112 valence electrons. The van der Waals surface area contributed by atoms with Gasteiger partial charge in [-0.25, -0.2) is 0 Å². The third kappa shape index (κ3) is 2.68. The average molecular weight is 286 g/mol. The van der Waals surface area contributed by atoms with E-state index in [-0.39, 0.29) is 17.2 Å². The van der Waals surface area contributed by atoms with Crippen molar-refractivity contribution in [2.24, 2.45) is 0 Å². The first-order valence-corrected chi connectivity index (χ1v) is 7.42. The fourth-order valence-electron chi connectivity index (χ4n) is 2.88. The zero-order valence-electron chi connectivity index (χ0n) is 12.8. The smallest absolute Gasteiger partial charge is 0.169 e. The Morgan fingerprint density at radius 1 is 0.762 bits per heavy atom. The number of phenols is 3. The van der Waals surface area contributed by atoms with Crippen LogP contribution in [0.15, 0.2) is 24.3 Å². The van der Waals surface area contributed by atoms with Gasteiger partial charge in [-0.1, -0.05) is 32.9 Å². The molecular formula is C18H22O3. The number of rotatable bonds is 4. The summed E-state index contributed by atoms with van der Waals surface area (Å²) >= 11 is 0. The van der Waals surface area contributed by atoms with Gasteiger partial charge in [0.15, 0.2) is 11.5 Å². The number of aryl methyl sites for hydroxylation is 2. The lowest BCUT2D eigenvalue weighted by atomic mass is 9.90. The zero-order chi connectivity index (χ0) is 15.6. The second-order valence-corrected chi connectivity index (χ2v) is 5.16. The summed E-state index contributed by atoms with van der Waals surface area (Å²) in [5, 5.41) is 29.8. The van der Waals surface area contributed by atoms with Crippen molar-refractivity contribution in [3.05, 3.63) is 41.0 Å². The maximum absolute atomic E-state index is 10.1. The van der Waals surface area contributed by atoms with Gasteiger partial charge in [-0.3, -0.25) is 0 Å². The Balaban J connectivity index is 2.74. The van der Waals surface area contributed by atoms with Crippen molar-refractivity contribution in [1.29, 1.82) is 0 Å². The van der Waals surface area contributed by atoms with E-state index in [2.05, 4.69) is 20.8 Å². The second kappa shape index (κ2) is 6.08. The normalized spacial score (nSPS) is 10.8. The van der Waals surface area contributed by atoms with E-state index < -0.39 is 0 Å². The summed E-state index contributed by atoms with van der Waals surface area (Å²) in [5.74, 6) is -0.527. The maximum atomic E-state index is 10.1. The number of benzene rings is 2. The first kappa shape index (κ1) is 15.2. The van der Waals surface area contributed by atoms with Gasteiger partial charge < -0.3 is 15.3 Å². The van der Waals surface area contributed by atoms with Crippen LogP contribution in [0, 0.1) is 0 Å². The highest BCUT2D eigenvalue weighted by Gasteiger charge is 2.16. The minimum absolute atomic E-state index is 0.0290. The van der Waals surface area contributed by atoms with Crippen molar-refractivity contribution in [2.45, 2.75) is 40.0 Å². The average Bonchev–Trinajstić information content (AvgIpc) is 2.50. The van der Waals surface area contributed by atoms with Crippen molar-refractivity contribution < 1.29 is 15.3 Å². The summed E-state index contributed by atoms with van der Waals surface area (Å²) in [7, 11) is 0. The highest BCUT2D eigenvalue weighted by Crippen LogP contribution is 2.43. The van der Waals surface area contributed by atoms with Crippen LogP contribution in [0.1, 0.15) is 37.5 Å². The van der Waals surface area contributed by atoms with Crippen LogP contribution in [-0.2, 0) is 19.3 Å². The van der Waals surface area contributed by atoms with E-state index in [1.54, 1.807) is 0 Å². The molecule has 0 atom stereocenters. The first-order valence-electron chi connectivity index (χ1n) is 7.42. The molecule has 3 N–H and O–H groups in total. The van der Waals surface area contributed by atoms with Crippen LogP contribution in [0.4, 0.5) is 0 Å². The molecule has 3 heteroatoms. The molecule has 0 aliphatic carbocycles. The molecule has 0 unspecified atom stereocenters. The van der Waals surface area contributed by atoms with Crippen molar-refractivity contribution in [3.63, 3.8) is 0 Å². The highest BCUT2D eigenvalue weighted by atomic mass is 16.3. The molecule has 0 fully saturated rings. The molecule has 0 radical (unpaired) electrons. The lowest BCUT2D eigenvalue weighted by Gasteiger charge is -2.16. The topological polar surface area (TPSA) is 60.7 Å². The quantitative estimate of drug-likeness (QED) is 0.584. The lowest BCUT2D eigenvalue weighted by molar-refractivity contribution is 0.398. The van der Waals surface area contributed by atoms with E-state index in [4.69, 9.17) is 0 Å². The molecule has 0 aliphatic rings. The predicted octanol–water partition coefficient (Wildman–Crippen LogP) is 4.16. The van der Waals surface area contributed by atoms with Gasteiger partial charge >= 0.3 is 0 Å². The Morgan fingerprint density at radius 3 is 1.76 bits per heavy atom. The minimum atomic E-state index is -0.275. The van der Waals surface area contributed by atoms with Gasteiger partial charge in [-0.2, -0.15) is 0 Å². The summed E-state index contributed by atoms with van der Waals surface area (Å²) < 4.78 is 0. The molecular weight excluding hydrogens is 264 g/mol. The SMILES string of the molecule is CCc1cc(-c2c(O)ccc(O)c2O)cc(CC)c1CC. The standard InChI is InChI=1S/C18H22O3/c1-4-11-9-13(10-12(5-2)14(11)6-3)17-15(19)7-8-16(20)18(17)21/h7-10,19-21H,4-6H2,1-3H3. The zero-order valence-corrected chi connectivity index (χ0v) is 12.8. The van der Waals surface area contributed by atoms with Gasteiger partial charge in [0.2, 0.25) is 0 Å². The summed E-state index contributed by atoms with van der Waals surface area (Å²) in [5.41, 5.74) is 4.81. The largest absolute Gasteiger partial charge is 0.507 e. The van der Waals surface area contributed by atoms with E-state index in [0.29, 0.717) is 5.56 Å². The fourth-order valence-corrected chi connectivity index (χ4v) is 2.88. The molecule has 2 rings (SSSR count). The molecule has 0 amide bonds. The van der Waals surface area contributed by atoms with Crippen molar-refractivity contribution in [3.8, 4) is 28.4 Å². The lowest BCUT2D eigenvalue weighted by Crippen LogP contribution is -1.99. The van der Waals surface area contributed by atoms with Crippen LogP contribution < -0.4 is 0 Å². The Kier molecular flexibility index (Phi) is 4.41. The van der Waals surface area contributed by atoms with Gasteiger partial charge in [0.1, 0.15) is 5.75 Å². The molecule has 0 saturated carbocycles. The Morgan fingerprint density at radius 2 is 1.29 bits per heavy atom. The van der Waals surface area contributed by atoms with Crippen LogP contribution >= 0.6 is 0 Å². The third-order valence-corrected chi connectivity index (χ3v) is 3.97. The van der Waals surface area contributed by atoms with Gasteiger partial charge in [0.05, 0.1) is 5.56 Å². The molecule has 2 aromatic carbocycles. The summed E-state index contributed by atoms with van der Waals surface area (Å²) in [4.78, 5) is 0. The van der Waals surface area contributed by atoms with Gasteiger partial charge in [0.25, 0.3) is 0 Å². The van der Waals surface area contributed by atoms with E-state index in [1.807, 2.05) is 12.1 Å². The number of hydrogen-bond acceptors (Lipinski definition) is 3. The molecule has 0 heterocycles. The van der Waals surface area contributed by atoms with Crippen LogP contribution in [-0.4, -0.2) is 15.3 Å². The number of aromatic hydroxyl groups is 3. The number of hydrogen-bond donors (Lipinski definition) is 3. The summed E-state index contributed by atoms with van der Waals surface area (Å²) in [6.45, 7) is 6.33. The Labute approximate surface area is 125 Å². The van der Waals surface area contributed by atoms with Crippen molar-refractivity contribution in [1.82, 2.24) is 0 Å². The molecule has 2 aromatic rings. The van der Waals surface area contributed by atoms with Crippen LogP contribution in [0.3, 0.4) is 0 Å². The van der Waals surface area contributed by atoms with Crippen LogP contribution in [0.25, 0.3) is 11.1 Å². The van der Waals surface area contributed by atoms with E-state index in [9.17, 15) is 15.3 Å². The van der Waals surface area contributed by atoms with Gasteiger partial charge in [-0.05, 0) is 53.6 Å². The highest BCUT2D eigenvalue weighted by molar-refractivity contribution is 5.80. The van der Waals surface area contributed by atoms with Crippen molar-refractivity contribution in [2.75, 3.05) is 0 Å². The maximum Gasteiger partial charge on any atom is 0.169 e. The molecule has 0 saturated heterocycles. The molecule has 0 aliphatic heterocycles. The van der Waals surface area contributed by atoms with Crippen LogP contribution in [0.2, 0.25) is 0 Å². The summed E-state index contributed by atoms with van der Waals surface area (Å²) in [6, 6.07) is 6.67.